The molecule has 0 heterocycles. The van der Waals surface area contributed by atoms with Crippen LogP contribution in [0.5, 0.6) is 0 Å². The molecule has 0 aromatic heterocycles. The second kappa shape index (κ2) is 6.19. The molecule has 5 nitrogen and oxygen atoms in total. The molecule has 0 spiro atoms. The molecule has 0 amide bonds. The van der Waals surface area contributed by atoms with E-state index in [1.807, 2.05) is 0 Å². The predicted octanol–water partition coefficient (Wildman–Crippen LogP) is 1.89. The smallest absolute Gasteiger partial charge is 0.332 e. The first-order valence-electron chi connectivity index (χ1n) is 6.55. The Kier molecular flexibility index (Phi) is 5.11. The number of esters is 1. The van der Waals surface area contributed by atoms with Gasteiger partial charge in [-0.15, -0.1) is 0 Å². The molecule has 2 N–H and O–H groups in total. The van der Waals surface area contributed by atoms with E-state index in [0.717, 1.165) is 6.08 Å². The van der Waals surface area contributed by atoms with Gasteiger partial charge in [0.05, 0.1) is 6.10 Å². The van der Waals surface area contributed by atoms with Crippen LogP contribution < -0.4 is 0 Å². The molecule has 1 aliphatic rings. The zero-order valence-electron chi connectivity index (χ0n) is 11.7. The Morgan fingerprint density at radius 2 is 1.68 bits per heavy atom. The molecule has 19 heavy (non-hydrogen) atoms. The molecule has 0 bridgehead atoms. The quantitative estimate of drug-likeness (QED) is 0.604. The van der Waals surface area contributed by atoms with Crippen molar-refractivity contribution in [2.45, 2.75) is 58.2 Å². The summed E-state index contributed by atoms with van der Waals surface area (Å²) in [7, 11) is 0. The molecule has 0 saturated heterocycles. The van der Waals surface area contributed by atoms with Crippen LogP contribution in [0.2, 0.25) is 0 Å². The highest BCUT2D eigenvalue weighted by Crippen LogP contribution is 2.30. The van der Waals surface area contributed by atoms with Crippen LogP contribution in [0, 0.1) is 5.92 Å². The number of carboxylic acid groups (broad SMARTS) is 1. The summed E-state index contributed by atoms with van der Waals surface area (Å²) in [5.41, 5.74) is -0.555. The molecule has 1 rings (SSSR count). The van der Waals surface area contributed by atoms with Crippen LogP contribution in [0.3, 0.4) is 0 Å². The third-order valence-electron chi connectivity index (χ3n) is 3.06. The number of hydrogen-bond acceptors (Lipinski definition) is 4. The summed E-state index contributed by atoms with van der Waals surface area (Å²) in [5, 5.41) is 18.6. The lowest BCUT2D eigenvalue weighted by atomic mass is 9.82. The van der Waals surface area contributed by atoms with Crippen molar-refractivity contribution >= 4 is 11.9 Å². The van der Waals surface area contributed by atoms with Crippen LogP contribution in [0.25, 0.3) is 0 Å². The summed E-state index contributed by atoms with van der Waals surface area (Å²) in [6.07, 6.45) is 3.04. The SMILES string of the molecule is CC(C)(C)OC(=O)/C=C(/C(=O)O)C1CCC(O)CC1. The summed E-state index contributed by atoms with van der Waals surface area (Å²) >= 11 is 0. The van der Waals surface area contributed by atoms with Crippen molar-refractivity contribution in [1.29, 1.82) is 0 Å². The number of aliphatic hydroxyl groups excluding tert-OH is 1. The number of carboxylic acids is 1. The van der Waals surface area contributed by atoms with E-state index < -0.39 is 17.5 Å². The second-order valence-corrected chi connectivity index (χ2v) is 5.94. The molecule has 0 radical (unpaired) electrons. The minimum Gasteiger partial charge on any atom is -0.478 e. The Bertz CT molecular complexity index is 370. The van der Waals surface area contributed by atoms with E-state index in [1.54, 1.807) is 20.8 Å². The number of aliphatic carboxylic acids is 1. The fourth-order valence-electron chi connectivity index (χ4n) is 2.20. The zero-order valence-corrected chi connectivity index (χ0v) is 11.7. The van der Waals surface area contributed by atoms with Gasteiger partial charge in [-0.3, -0.25) is 0 Å². The molecule has 0 unspecified atom stereocenters. The topological polar surface area (TPSA) is 83.8 Å². The summed E-state index contributed by atoms with van der Waals surface area (Å²) in [6.45, 7) is 5.20. The Morgan fingerprint density at radius 1 is 1.16 bits per heavy atom. The lowest BCUT2D eigenvalue weighted by molar-refractivity contribution is -0.149. The maximum atomic E-state index is 11.7. The lowest BCUT2D eigenvalue weighted by Crippen LogP contribution is -2.26. The van der Waals surface area contributed by atoms with Crippen LogP contribution in [-0.4, -0.2) is 33.9 Å². The highest BCUT2D eigenvalue weighted by Gasteiger charge is 2.27. The number of aliphatic hydroxyl groups is 1. The first kappa shape index (κ1) is 15.7. The second-order valence-electron chi connectivity index (χ2n) is 5.94. The van der Waals surface area contributed by atoms with Gasteiger partial charge in [0, 0.05) is 11.6 Å². The van der Waals surface area contributed by atoms with E-state index in [1.165, 1.54) is 0 Å². The summed E-state index contributed by atoms with van der Waals surface area (Å²) in [6, 6.07) is 0. The number of rotatable bonds is 3. The van der Waals surface area contributed by atoms with Crippen molar-refractivity contribution in [3.8, 4) is 0 Å². The van der Waals surface area contributed by atoms with Crippen molar-refractivity contribution in [2.24, 2.45) is 5.92 Å². The molecule has 1 fully saturated rings. The molecule has 0 atom stereocenters. The molecule has 0 aliphatic heterocycles. The summed E-state index contributed by atoms with van der Waals surface area (Å²) < 4.78 is 5.10. The van der Waals surface area contributed by atoms with Gasteiger partial charge in [-0.05, 0) is 52.4 Å². The van der Waals surface area contributed by atoms with Crippen molar-refractivity contribution in [3.05, 3.63) is 11.6 Å². The van der Waals surface area contributed by atoms with Crippen molar-refractivity contribution in [1.82, 2.24) is 0 Å². The van der Waals surface area contributed by atoms with Crippen LogP contribution in [-0.2, 0) is 14.3 Å². The summed E-state index contributed by atoms with van der Waals surface area (Å²) in [5.74, 6) is -1.91. The molecule has 0 aromatic carbocycles. The minimum atomic E-state index is -1.09. The maximum Gasteiger partial charge on any atom is 0.332 e. The van der Waals surface area contributed by atoms with Crippen LogP contribution in [0.1, 0.15) is 46.5 Å². The predicted molar refractivity (Wildman–Crippen MR) is 69.5 cm³/mol. The zero-order chi connectivity index (χ0) is 14.6. The van der Waals surface area contributed by atoms with E-state index in [0.29, 0.717) is 25.7 Å². The van der Waals surface area contributed by atoms with Crippen LogP contribution >= 0.6 is 0 Å². The van der Waals surface area contributed by atoms with E-state index in [2.05, 4.69) is 0 Å². The molecular weight excluding hydrogens is 248 g/mol. The highest BCUT2D eigenvalue weighted by atomic mass is 16.6. The Hall–Kier alpha value is -1.36. The molecule has 1 aliphatic carbocycles. The minimum absolute atomic E-state index is 0.0844. The van der Waals surface area contributed by atoms with Gasteiger partial charge in [-0.25, -0.2) is 9.59 Å². The van der Waals surface area contributed by atoms with Crippen molar-refractivity contribution in [2.75, 3.05) is 0 Å². The summed E-state index contributed by atoms with van der Waals surface area (Å²) in [4.78, 5) is 22.9. The number of hydrogen-bond donors (Lipinski definition) is 2. The monoisotopic (exact) mass is 270 g/mol. The van der Waals surface area contributed by atoms with Crippen molar-refractivity contribution in [3.63, 3.8) is 0 Å². The van der Waals surface area contributed by atoms with Gasteiger partial charge >= 0.3 is 11.9 Å². The Morgan fingerprint density at radius 3 is 2.11 bits per heavy atom. The van der Waals surface area contributed by atoms with Gasteiger partial charge < -0.3 is 14.9 Å². The first-order chi connectivity index (χ1) is 8.69. The molecular formula is C14H22O5. The fourth-order valence-corrected chi connectivity index (χ4v) is 2.20. The number of carbonyl (C=O) groups is 2. The molecule has 108 valence electrons. The average molecular weight is 270 g/mol. The first-order valence-corrected chi connectivity index (χ1v) is 6.55. The van der Waals surface area contributed by atoms with E-state index >= 15 is 0 Å². The third-order valence-corrected chi connectivity index (χ3v) is 3.06. The van der Waals surface area contributed by atoms with E-state index in [4.69, 9.17) is 4.74 Å². The molecule has 0 aromatic rings. The fraction of sp³-hybridized carbons (Fsp3) is 0.714. The lowest BCUT2D eigenvalue weighted by Gasteiger charge is -2.26. The van der Waals surface area contributed by atoms with Gasteiger partial charge in [0.1, 0.15) is 5.60 Å². The van der Waals surface area contributed by atoms with Crippen molar-refractivity contribution < 1.29 is 24.5 Å². The number of carbonyl (C=O) groups excluding carboxylic acids is 1. The van der Waals surface area contributed by atoms with Crippen LogP contribution in [0.4, 0.5) is 0 Å². The van der Waals surface area contributed by atoms with Gasteiger partial charge in [-0.1, -0.05) is 0 Å². The van der Waals surface area contributed by atoms with E-state index in [-0.39, 0.29) is 17.6 Å². The molecule has 1 saturated carbocycles. The largest absolute Gasteiger partial charge is 0.478 e. The van der Waals surface area contributed by atoms with E-state index in [9.17, 15) is 19.8 Å². The van der Waals surface area contributed by atoms with Gasteiger partial charge in [0.15, 0.2) is 0 Å². The Balaban J connectivity index is 2.77. The number of ether oxygens (including phenoxy) is 1. The molecule has 5 heteroatoms. The standard InChI is InChI=1S/C14H22O5/c1-14(2,3)19-12(16)8-11(13(17)18)9-4-6-10(15)7-5-9/h8-10,15H,4-7H2,1-3H3,(H,17,18)/b11-8+. The maximum absolute atomic E-state index is 11.7. The highest BCUT2D eigenvalue weighted by molar-refractivity contribution is 5.95. The van der Waals surface area contributed by atoms with Gasteiger partial charge in [0.2, 0.25) is 0 Å². The van der Waals surface area contributed by atoms with Gasteiger partial charge in [-0.2, -0.15) is 0 Å². The third kappa shape index (κ3) is 5.42. The van der Waals surface area contributed by atoms with Crippen LogP contribution in [0.15, 0.2) is 11.6 Å². The average Bonchev–Trinajstić information content (AvgIpc) is 2.24. The normalized spacial score (nSPS) is 24.9. The van der Waals surface area contributed by atoms with Gasteiger partial charge in [0.25, 0.3) is 0 Å². The Labute approximate surface area is 113 Å².